The molecule has 5 N–H and O–H groups in total. The average molecular weight is 973 g/mol. The van der Waals surface area contributed by atoms with Gasteiger partial charge in [0.2, 0.25) is 0 Å². The fraction of sp³-hybridized carbons (Fsp3) is 0.440. The summed E-state index contributed by atoms with van der Waals surface area (Å²) in [4.78, 5) is 50.2. The van der Waals surface area contributed by atoms with E-state index in [1.165, 1.54) is 43.0 Å². The first-order chi connectivity index (χ1) is 31.4. The third-order valence-corrected chi connectivity index (χ3v) is 12.9. The molecule has 2 fully saturated rings. The number of thioether (sulfide) groups is 2. The fourth-order valence-corrected chi connectivity index (χ4v) is 8.73. The fourth-order valence-electron chi connectivity index (χ4n) is 7.92. The molecule has 2 saturated heterocycles. The standard InChI is InChI=1S/C29H34O9S.C21H26O5S.Li.H2O/c1-16-7-10-22(14-23(16)13-21-8-11-24(39-6)12-9-21)26-28(36-19(4)32)29(37-20(5)33)27(35-18(3)31)25(38-26)15-34-17(2)30;1-12-3-6-14(21-20(25)19(24)18(23)17(11-22)26-21)10-15(12)9-13-4-7-16(27-2)8-5-13;;/h7-12,14,25-29H,13,15H2,1-6H3;3-8,10,17-25H,9,11H2,1-2H3;;1H2/q;;+1;/p-1/t25-,26+,27-,28+,29+;17-,18-,19+,20-,21+;;/m11../s1. The van der Waals surface area contributed by atoms with Crippen LogP contribution in [0.4, 0.5) is 0 Å². The normalized spacial score (nSPS) is 24.1. The number of hydrogen-bond acceptors (Lipinski definition) is 17. The Hall–Kier alpha value is -4.22. The maximum Gasteiger partial charge on any atom is 1.00 e. The van der Waals surface area contributed by atoms with E-state index in [4.69, 9.17) is 28.4 Å². The van der Waals surface area contributed by atoms with Crippen molar-refractivity contribution in [2.75, 3.05) is 25.7 Å². The smallest absolute Gasteiger partial charge is 0.870 e. The van der Waals surface area contributed by atoms with Crippen LogP contribution in [0.5, 0.6) is 0 Å². The number of aryl methyl sites for hydroxylation is 2. The zero-order valence-electron chi connectivity index (χ0n) is 39.8. The molecule has 0 spiro atoms. The van der Waals surface area contributed by atoms with E-state index in [2.05, 4.69) is 48.5 Å². The number of carbonyl (C=O) groups is 4. The summed E-state index contributed by atoms with van der Waals surface area (Å²) in [6, 6.07) is 28.2. The van der Waals surface area contributed by atoms with Gasteiger partial charge in [-0.05, 0) is 108 Å². The van der Waals surface area contributed by atoms with E-state index in [0.717, 1.165) is 34.2 Å². The molecule has 0 saturated carbocycles. The van der Waals surface area contributed by atoms with Gasteiger partial charge in [0.15, 0.2) is 18.3 Å². The van der Waals surface area contributed by atoms with Crippen molar-refractivity contribution < 1.29 is 92.4 Å². The first kappa shape index (κ1) is 58.1. The summed E-state index contributed by atoms with van der Waals surface area (Å²) in [6.07, 6.45) is -5.68. The van der Waals surface area contributed by atoms with Gasteiger partial charge >= 0.3 is 42.7 Å². The van der Waals surface area contributed by atoms with Crippen molar-refractivity contribution >= 4 is 47.4 Å². The van der Waals surface area contributed by atoms with Gasteiger partial charge in [-0.1, -0.05) is 60.7 Å². The molecule has 0 radical (unpaired) electrons. The molecule has 10 atom stereocenters. The third kappa shape index (κ3) is 15.6. The maximum absolute atomic E-state index is 12.2. The molecule has 2 heterocycles. The van der Waals surface area contributed by atoms with E-state index >= 15 is 0 Å². The van der Waals surface area contributed by atoms with Crippen LogP contribution in [0.3, 0.4) is 0 Å². The second-order valence-electron chi connectivity index (χ2n) is 16.3. The Kier molecular flexibility index (Phi) is 23.3. The Morgan fingerprint density at radius 2 is 0.985 bits per heavy atom. The largest absolute Gasteiger partial charge is 1.00 e. The number of hydrogen-bond donors (Lipinski definition) is 4. The van der Waals surface area contributed by atoms with Crippen molar-refractivity contribution in [1.82, 2.24) is 0 Å². The Bertz CT molecular complexity index is 2280. The summed E-state index contributed by atoms with van der Waals surface area (Å²) in [6.45, 7) is 8.20. The van der Waals surface area contributed by atoms with Crippen molar-refractivity contribution in [3.63, 3.8) is 0 Å². The van der Waals surface area contributed by atoms with Crippen LogP contribution < -0.4 is 18.9 Å². The molecule has 364 valence electrons. The van der Waals surface area contributed by atoms with Crippen molar-refractivity contribution in [2.24, 2.45) is 0 Å². The van der Waals surface area contributed by atoms with Gasteiger partial charge in [0, 0.05) is 37.5 Å². The zero-order valence-corrected chi connectivity index (χ0v) is 41.5. The summed E-state index contributed by atoms with van der Waals surface area (Å²) >= 11 is 3.37. The molecule has 6 rings (SSSR count). The number of ether oxygens (including phenoxy) is 6. The summed E-state index contributed by atoms with van der Waals surface area (Å²) in [5.41, 5.74) is 7.98. The second kappa shape index (κ2) is 27.2. The number of aliphatic hydroxyl groups is 4. The molecule has 0 aromatic heterocycles. The monoisotopic (exact) mass is 972 g/mol. The van der Waals surface area contributed by atoms with Crippen LogP contribution in [0, 0.1) is 13.8 Å². The second-order valence-corrected chi connectivity index (χ2v) is 18.1. The van der Waals surface area contributed by atoms with E-state index in [1.807, 2.05) is 62.8 Å². The van der Waals surface area contributed by atoms with Gasteiger partial charge in [0.05, 0.1) is 6.61 Å². The zero-order chi connectivity index (χ0) is 48.2. The maximum atomic E-state index is 12.2. The van der Waals surface area contributed by atoms with Crippen molar-refractivity contribution in [3.8, 4) is 0 Å². The molecule has 4 aromatic carbocycles. The van der Waals surface area contributed by atoms with Gasteiger partial charge in [-0.15, -0.1) is 23.5 Å². The summed E-state index contributed by atoms with van der Waals surface area (Å²) in [7, 11) is 0. The van der Waals surface area contributed by atoms with Crippen LogP contribution in [0.1, 0.15) is 84.4 Å². The van der Waals surface area contributed by atoms with Crippen LogP contribution in [0.15, 0.2) is 94.7 Å². The minimum atomic E-state index is -1.37. The molecule has 0 aliphatic carbocycles. The molecule has 18 heteroatoms. The molecule has 2 aliphatic rings. The van der Waals surface area contributed by atoms with Crippen LogP contribution in [0.2, 0.25) is 0 Å². The Labute approximate surface area is 418 Å². The minimum Gasteiger partial charge on any atom is -0.870 e. The van der Waals surface area contributed by atoms with E-state index in [0.29, 0.717) is 17.5 Å². The molecule has 68 heavy (non-hydrogen) atoms. The molecule has 0 amide bonds. The third-order valence-electron chi connectivity index (χ3n) is 11.4. The molecule has 15 nitrogen and oxygen atoms in total. The predicted molar refractivity (Wildman–Crippen MR) is 250 cm³/mol. The van der Waals surface area contributed by atoms with Gasteiger partial charge in [-0.2, -0.15) is 0 Å². The molecular formula is C50H61LiO15S2. The van der Waals surface area contributed by atoms with Crippen LogP contribution in [-0.2, 0) is 60.4 Å². The average Bonchev–Trinajstić information content (AvgIpc) is 3.28. The minimum absolute atomic E-state index is 0. The van der Waals surface area contributed by atoms with Gasteiger partial charge in [0.25, 0.3) is 0 Å². The van der Waals surface area contributed by atoms with Crippen LogP contribution in [0.25, 0.3) is 0 Å². The Morgan fingerprint density at radius 3 is 1.41 bits per heavy atom. The molecule has 0 unspecified atom stereocenters. The first-order valence-corrected chi connectivity index (χ1v) is 23.9. The Balaban J connectivity index is 0.000000371. The summed E-state index contributed by atoms with van der Waals surface area (Å²) in [5.74, 6) is -2.53. The summed E-state index contributed by atoms with van der Waals surface area (Å²) in [5, 5.41) is 39.8. The molecule has 4 aromatic rings. The van der Waals surface area contributed by atoms with E-state index < -0.39 is 91.5 Å². The molecular weight excluding hydrogens is 912 g/mol. The van der Waals surface area contributed by atoms with Gasteiger partial charge in [-0.3, -0.25) is 19.2 Å². The topological polar surface area (TPSA) is 235 Å². The number of esters is 4. The van der Waals surface area contributed by atoms with Crippen molar-refractivity contribution in [1.29, 1.82) is 0 Å². The van der Waals surface area contributed by atoms with Crippen LogP contribution in [-0.4, -0.2) is 124 Å². The van der Waals surface area contributed by atoms with Crippen molar-refractivity contribution in [3.05, 3.63) is 129 Å². The number of rotatable bonds is 14. The summed E-state index contributed by atoms with van der Waals surface area (Å²) < 4.78 is 33.8. The van der Waals surface area contributed by atoms with Crippen molar-refractivity contribution in [2.45, 2.75) is 125 Å². The predicted octanol–water partition coefficient (Wildman–Crippen LogP) is 2.76. The van der Waals surface area contributed by atoms with E-state index in [1.54, 1.807) is 23.5 Å². The van der Waals surface area contributed by atoms with Gasteiger partial charge < -0.3 is 54.3 Å². The number of benzene rings is 4. The number of aliphatic hydroxyl groups excluding tert-OH is 4. The van der Waals surface area contributed by atoms with Gasteiger partial charge in [0.1, 0.15) is 49.3 Å². The SMILES string of the molecule is CSc1ccc(Cc2cc([C@@H]3O[C@H](CO)[C@@H](O)[C@H](O)[C@H]3O)ccc2C)cc1.CSc1ccc(Cc2cc([C@@H]3O[C@H](COC(C)=O)[C@@H](OC(C)=O)[C@H](OC(C)=O)[C@H]3OC(C)=O)ccc2C)cc1.[Li+].[OH-]. The van der Waals surface area contributed by atoms with Gasteiger partial charge in [-0.25, -0.2) is 0 Å². The Morgan fingerprint density at radius 1 is 0.559 bits per heavy atom. The molecule has 2 aliphatic heterocycles. The quantitative estimate of drug-likeness (QED) is 0.0616. The first-order valence-electron chi connectivity index (χ1n) is 21.5. The van der Waals surface area contributed by atoms with E-state index in [9.17, 15) is 39.6 Å². The van der Waals surface area contributed by atoms with E-state index in [-0.39, 0.29) is 30.9 Å². The molecule has 0 bridgehead atoms. The van der Waals surface area contributed by atoms with Crippen LogP contribution >= 0.6 is 23.5 Å². The number of carbonyl (C=O) groups excluding carboxylic acids is 4.